The van der Waals surface area contributed by atoms with Crippen molar-refractivity contribution in [3.63, 3.8) is 0 Å². The molecule has 3 aliphatic rings. The number of carbonyl (C=O) groups is 1. The van der Waals surface area contributed by atoms with Crippen LogP contribution in [0.4, 0.5) is 19.0 Å². The largest absolute Gasteiger partial charge is 0.416 e. The zero-order chi connectivity index (χ0) is 24.3. The molecule has 1 aromatic rings. The number of nitrogens with one attached hydrogen (secondary N) is 1. The molecular weight excluding hydrogens is 449 g/mol. The van der Waals surface area contributed by atoms with Gasteiger partial charge < -0.3 is 24.6 Å². The Balaban J connectivity index is 1.37. The molecule has 0 radical (unpaired) electrons. The SMILES string of the molecule is COCC1(C(=O)N2CCN(c3cc(C(F)(F)F)ccn3)CC2)CC[C@@H](N[C@@H]2CCOC[C@H]2C)C1. The molecule has 1 N–H and O–H groups in total. The number of alkyl halides is 3. The van der Waals surface area contributed by atoms with Crippen LogP contribution >= 0.6 is 0 Å². The summed E-state index contributed by atoms with van der Waals surface area (Å²) in [6.07, 6.45) is 0.191. The summed E-state index contributed by atoms with van der Waals surface area (Å²) >= 11 is 0. The molecular formula is C24H35F3N4O3. The Hall–Kier alpha value is -1.91. The summed E-state index contributed by atoms with van der Waals surface area (Å²) in [6, 6.07) is 2.72. The highest BCUT2D eigenvalue weighted by Crippen LogP contribution is 2.41. The number of hydrogen-bond donors (Lipinski definition) is 1. The number of carbonyl (C=O) groups excluding carboxylic acids is 1. The summed E-state index contributed by atoms with van der Waals surface area (Å²) in [7, 11) is 1.63. The van der Waals surface area contributed by atoms with E-state index in [1.165, 1.54) is 6.20 Å². The average Bonchev–Trinajstić information content (AvgIpc) is 3.23. The van der Waals surface area contributed by atoms with Gasteiger partial charge in [-0.15, -0.1) is 0 Å². The topological polar surface area (TPSA) is 66.9 Å². The fourth-order valence-electron chi connectivity index (χ4n) is 5.60. The molecule has 4 atom stereocenters. The van der Waals surface area contributed by atoms with E-state index < -0.39 is 17.2 Å². The molecule has 0 aromatic carbocycles. The first kappa shape index (κ1) is 25.2. The van der Waals surface area contributed by atoms with Crippen molar-refractivity contribution < 1.29 is 27.4 Å². The minimum Gasteiger partial charge on any atom is -0.384 e. The van der Waals surface area contributed by atoms with E-state index in [2.05, 4.69) is 17.2 Å². The van der Waals surface area contributed by atoms with Crippen molar-refractivity contribution in [3.8, 4) is 0 Å². The monoisotopic (exact) mass is 484 g/mol. The first-order valence-corrected chi connectivity index (χ1v) is 12.1. The van der Waals surface area contributed by atoms with Gasteiger partial charge in [-0.25, -0.2) is 4.98 Å². The van der Waals surface area contributed by atoms with Gasteiger partial charge in [-0.1, -0.05) is 6.92 Å². The third-order valence-electron chi connectivity index (χ3n) is 7.54. The van der Waals surface area contributed by atoms with Gasteiger partial charge in [-0.3, -0.25) is 4.79 Å². The second-order valence-electron chi connectivity index (χ2n) is 9.95. The Morgan fingerprint density at radius 2 is 2.06 bits per heavy atom. The van der Waals surface area contributed by atoms with E-state index in [4.69, 9.17) is 9.47 Å². The average molecular weight is 485 g/mol. The molecule has 34 heavy (non-hydrogen) atoms. The fourth-order valence-corrected chi connectivity index (χ4v) is 5.60. The maximum atomic E-state index is 13.7. The van der Waals surface area contributed by atoms with Gasteiger partial charge in [0, 0.05) is 58.2 Å². The van der Waals surface area contributed by atoms with E-state index in [0.29, 0.717) is 50.6 Å². The van der Waals surface area contributed by atoms with E-state index in [0.717, 1.165) is 51.0 Å². The van der Waals surface area contributed by atoms with Crippen LogP contribution in [-0.4, -0.2) is 81.0 Å². The van der Waals surface area contributed by atoms with Crippen LogP contribution in [0.1, 0.15) is 38.2 Å². The smallest absolute Gasteiger partial charge is 0.384 e. The summed E-state index contributed by atoms with van der Waals surface area (Å²) in [4.78, 5) is 21.4. The van der Waals surface area contributed by atoms with Gasteiger partial charge in [0.2, 0.25) is 5.91 Å². The Bertz CT molecular complexity index is 847. The predicted octanol–water partition coefficient (Wildman–Crippen LogP) is 2.95. The molecule has 2 aliphatic heterocycles. The molecule has 4 rings (SSSR count). The summed E-state index contributed by atoms with van der Waals surface area (Å²) in [6.45, 7) is 5.91. The van der Waals surface area contributed by atoms with Crippen molar-refractivity contribution in [2.75, 3.05) is 58.0 Å². The number of amides is 1. The molecule has 1 amide bonds. The zero-order valence-corrected chi connectivity index (χ0v) is 19.9. The van der Waals surface area contributed by atoms with Gasteiger partial charge in [0.1, 0.15) is 5.82 Å². The summed E-state index contributed by atoms with van der Waals surface area (Å²) < 4.78 is 50.3. The van der Waals surface area contributed by atoms with Crippen molar-refractivity contribution in [2.24, 2.45) is 11.3 Å². The number of nitrogens with zero attached hydrogens (tertiary/aromatic N) is 3. The minimum atomic E-state index is -4.41. The lowest BCUT2D eigenvalue weighted by molar-refractivity contribution is -0.145. The highest BCUT2D eigenvalue weighted by atomic mass is 19.4. The van der Waals surface area contributed by atoms with E-state index in [-0.39, 0.29) is 11.9 Å². The molecule has 3 fully saturated rings. The number of methoxy groups -OCH3 is 1. The van der Waals surface area contributed by atoms with Crippen molar-refractivity contribution in [1.29, 1.82) is 0 Å². The van der Waals surface area contributed by atoms with Gasteiger partial charge in [0.25, 0.3) is 0 Å². The number of anilines is 1. The second kappa shape index (κ2) is 10.4. The molecule has 0 bridgehead atoms. The van der Waals surface area contributed by atoms with Gasteiger partial charge in [-0.05, 0) is 43.7 Å². The third kappa shape index (κ3) is 5.49. The minimum absolute atomic E-state index is 0.0929. The van der Waals surface area contributed by atoms with Crippen LogP contribution in [0.25, 0.3) is 0 Å². The molecule has 1 saturated carbocycles. The molecule has 3 heterocycles. The van der Waals surface area contributed by atoms with Crippen LogP contribution in [-0.2, 0) is 20.4 Å². The molecule has 1 aromatic heterocycles. The number of piperazine rings is 1. The van der Waals surface area contributed by atoms with Crippen molar-refractivity contribution in [3.05, 3.63) is 23.9 Å². The Morgan fingerprint density at radius 3 is 2.74 bits per heavy atom. The Kier molecular flexibility index (Phi) is 7.69. The van der Waals surface area contributed by atoms with Crippen LogP contribution in [0.5, 0.6) is 0 Å². The van der Waals surface area contributed by atoms with Crippen molar-refractivity contribution >= 4 is 11.7 Å². The molecule has 1 aliphatic carbocycles. The Morgan fingerprint density at radius 1 is 1.29 bits per heavy atom. The maximum absolute atomic E-state index is 13.7. The number of ether oxygens (including phenoxy) is 2. The number of rotatable bonds is 6. The molecule has 1 unspecified atom stereocenters. The Labute approximate surface area is 199 Å². The van der Waals surface area contributed by atoms with Crippen molar-refractivity contribution in [1.82, 2.24) is 15.2 Å². The van der Waals surface area contributed by atoms with Crippen LogP contribution in [0.3, 0.4) is 0 Å². The second-order valence-corrected chi connectivity index (χ2v) is 9.95. The van der Waals surface area contributed by atoms with Crippen molar-refractivity contribution in [2.45, 2.75) is 50.9 Å². The first-order chi connectivity index (χ1) is 16.2. The third-order valence-corrected chi connectivity index (χ3v) is 7.54. The highest BCUT2D eigenvalue weighted by Gasteiger charge is 2.48. The predicted molar refractivity (Wildman–Crippen MR) is 122 cm³/mol. The van der Waals surface area contributed by atoms with Gasteiger partial charge in [0.05, 0.1) is 24.2 Å². The molecule has 2 saturated heterocycles. The quantitative estimate of drug-likeness (QED) is 0.670. The number of halogens is 3. The number of aromatic nitrogens is 1. The molecule has 190 valence electrons. The standard InChI is InChI=1S/C24H35F3N4O3/c1-17-15-34-12-5-20(17)29-19-3-6-23(14-19,16-33-2)22(32)31-10-8-30(9-11-31)21-13-18(4-7-28-21)24(25,26)27/h4,7,13,17,19-20,29H,3,5-6,8-12,14-16H2,1-2H3/t17-,19-,20-,23?/m1/s1. The van der Waals surface area contributed by atoms with Gasteiger partial charge in [-0.2, -0.15) is 13.2 Å². The van der Waals surface area contributed by atoms with E-state index >= 15 is 0 Å². The van der Waals surface area contributed by atoms with Crippen LogP contribution < -0.4 is 10.2 Å². The molecule has 0 spiro atoms. The first-order valence-electron chi connectivity index (χ1n) is 12.1. The van der Waals surface area contributed by atoms with Gasteiger partial charge in [0.15, 0.2) is 0 Å². The maximum Gasteiger partial charge on any atom is 0.416 e. The highest BCUT2D eigenvalue weighted by molar-refractivity contribution is 5.83. The zero-order valence-electron chi connectivity index (χ0n) is 19.9. The lowest BCUT2D eigenvalue weighted by Gasteiger charge is -2.40. The lowest BCUT2D eigenvalue weighted by atomic mass is 9.84. The van der Waals surface area contributed by atoms with Crippen LogP contribution in [0.2, 0.25) is 0 Å². The van der Waals surface area contributed by atoms with Crippen LogP contribution in [0, 0.1) is 11.3 Å². The number of hydrogen-bond acceptors (Lipinski definition) is 6. The molecule has 10 heteroatoms. The summed E-state index contributed by atoms with van der Waals surface area (Å²) in [5.41, 5.74) is -1.27. The summed E-state index contributed by atoms with van der Waals surface area (Å²) in [5.74, 6) is 0.832. The summed E-state index contributed by atoms with van der Waals surface area (Å²) in [5, 5.41) is 3.77. The molecule has 7 nitrogen and oxygen atoms in total. The van der Waals surface area contributed by atoms with E-state index in [1.54, 1.807) is 7.11 Å². The normalized spacial score (nSPS) is 30.6. The fraction of sp³-hybridized carbons (Fsp3) is 0.750. The van der Waals surface area contributed by atoms with E-state index in [1.807, 2.05) is 9.80 Å². The van der Waals surface area contributed by atoms with Gasteiger partial charge >= 0.3 is 6.18 Å². The van der Waals surface area contributed by atoms with E-state index in [9.17, 15) is 18.0 Å². The lowest BCUT2D eigenvalue weighted by Crippen LogP contribution is -2.54. The number of pyridine rings is 1. The van der Waals surface area contributed by atoms with Crippen LogP contribution in [0.15, 0.2) is 18.3 Å².